The van der Waals surface area contributed by atoms with Crippen LogP contribution in [0.2, 0.25) is 5.02 Å². The topological polar surface area (TPSA) is 90.0 Å². The number of rotatable bonds is 13. The summed E-state index contributed by atoms with van der Waals surface area (Å²) in [5, 5.41) is 3.39. The lowest BCUT2D eigenvalue weighted by molar-refractivity contribution is -0.140. The highest BCUT2D eigenvalue weighted by atomic mass is 35.5. The van der Waals surface area contributed by atoms with Crippen LogP contribution in [-0.2, 0) is 32.8 Å². The summed E-state index contributed by atoms with van der Waals surface area (Å²) < 4.78 is 42.3. The molecule has 1 N–H and O–H groups in total. The number of hydrogen-bond donors (Lipinski definition) is 1. The van der Waals surface area contributed by atoms with E-state index in [1.807, 2.05) is 44.2 Å². The Kier molecular flexibility index (Phi) is 11.3. The van der Waals surface area contributed by atoms with Gasteiger partial charge in [0, 0.05) is 38.6 Å². The summed E-state index contributed by atoms with van der Waals surface area (Å²) in [6.07, 6.45) is 0.202. The number of carbonyl (C=O) groups is 2. The molecule has 0 radical (unpaired) electrons. The van der Waals surface area contributed by atoms with Gasteiger partial charge in [-0.25, -0.2) is 8.70 Å². The second-order valence-corrected chi connectivity index (χ2v) is 12.8. The van der Waals surface area contributed by atoms with Crippen molar-refractivity contribution in [3.8, 4) is 0 Å². The Bertz CT molecular complexity index is 1420. The third kappa shape index (κ3) is 9.01. The molecule has 0 spiro atoms. The molecular formula is C30H36ClFN4O4S. The lowest BCUT2D eigenvalue weighted by Crippen LogP contribution is -2.54. The molecule has 3 aromatic carbocycles. The molecule has 0 aliphatic heterocycles. The molecule has 1 atom stereocenters. The fourth-order valence-corrected chi connectivity index (χ4v) is 5.40. The van der Waals surface area contributed by atoms with Crippen LogP contribution in [0.5, 0.6) is 0 Å². The second-order valence-electron chi connectivity index (χ2n) is 10.3. The van der Waals surface area contributed by atoms with E-state index in [-0.39, 0.29) is 30.5 Å². The fraction of sp³-hybridized carbons (Fsp3) is 0.333. The molecule has 0 unspecified atom stereocenters. The molecule has 0 saturated carbocycles. The van der Waals surface area contributed by atoms with Gasteiger partial charge in [0.25, 0.3) is 0 Å². The van der Waals surface area contributed by atoms with E-state index < -0.39 is 34.5 Å². The number of amides is 2. The Balaban J connectivity index is 2.08. The molecule has 2 amide bonds. The summed E-state index contributed by atoms with van der Waals surface area (Å²) in [5.41, 5.74) is 1.61. The number of anilines is 1. The van der Waals surface area contributed by atoms with Crippen LogP contribution in [0.15, 0.2) is 78.9 Å². The summed E-state index contributed by atoms with van der Waals surface area (Å²) in [6, 6.07) is 20.1. The largest absolute Gasteiger partial charge is 0.354 e. The quantitative estimate of drug-likeness (QED) is 0.312. The molecule has 8 nitrogen and oxygen atoms in total. The van der Waals surface area contributed by atoms with Crippen LogP contribution in [0.25, 0.3) is 0 Å². The maximum Gasteiger partial charge on any atom is 0.304 e. The summed E-state index contributed by atoms with van der Waals surface area (Å²) in [5.74, 6) is -1.34. The maximum absolute atomic E-state index is 14.1. The minimum Gasteiger partial charge on any atom is -0.354 e. The van der Waals surface area contributed by atoms with Crippen molar-refractivity contribution in [3.63, 3.8) is 0 Å². The first kappa shape index (κ1) is 32.0. The molecule has 0 fully saturated rings. The SMILES string of the molecule is CC(C)CNC(=O)[C@@H](Cc1ccccc1)N(Cc1cccc(Cl)c1)C(=O)CN(c1ccc(F)cc1)S(=O)(=O)N(C)C. The van der Waals surface area contributed by atoms with Gasteiger partial charge in [0.1, 0.15) is 18.4 Å². The normalized spacial score (nSPS) is 12.3. The van der Waals surface area contributed by atoms with E-state index in [4.69, 9.17) is 11.6 Å². The van der Waals surface area contributed by atoms with Gasteiger partial charge >= 0.3 is 10.2 Å². The zero-order valence-corrected chi connectivity index (χ0v) is 25.2. The van der Waals surface area contributed by atoms with Crippen molar-refractivity contribution in [2.24, 2.45) is 5.92 Å². The van der Waals surface area contributed by atoms with E-state index >= 15 is 0 Å². The lowest BCUT2D eigenvalue weighted by Gasteiger charge is -2.34. The van der Waals surface area contributed by atoms with E-state index in [1.165, 1.54) is 31.1 Å². The number of halogens is 2. The van der Waals surface area contributed by atoms with Gasteiger partial charge in [0.05, 0.1) is 5.69 Å². The number of nitrogens with one attached hydrogen (secondary N) is 1. The molecule has 41 heavy (non-hydrogen) atoms. The van der Waals surface area contributed by atoms with Gasteiger partial charge in [-0.1, -0.05) is 67.9 Å². The van der Waals surface area contributed by atoms with Crippen LogP contribution in [-0.4, -0.2) is 62.7 Å². The van der Waals surface area contributed by atoms with E-state index in [2.05, 4.69) is 5.32 Å². The number of hydrogen-bond acceptors (Lipinski definition) is 4. The van der Waals surface area contributed by atoms with Crippen molar-refractivity contribution in [1.29, 1.82) is 0 Å². The molecule has 0 aliphatic rings. The minimum atomic E-state index is -4.16. The van der Waals surface area contributed by atoms with Crippen LogP contribution in [0.1, 0.15) is 25.0 Å². The maximum atomic E-state index is 14.1. The zero-order valence-electron chi connectivity index (χ0n) is 23.6. The van der Waals surface area contributed by atoms with Crippen molar-refractivity contribution >= 4 is 39.3 Å². The van der Waals surface area contributed by atoms with E-state index in [0.717, 1.165) is 26.3 Å². The first-order chi connectivity index (χ1) is 19.4. The van der Waals surface area contributed by atoms with Crippen molar-refractivity contribution in [3.05, 3.63) is 101 Å². The molecule has 3 aromatic rings. The predicted octanol–water partition coefficient (Wildman–Crippen LogP) is 4.50. The average molecular weight is 603 g/mol. The van der Waals surface area contributed by atoms with Crippen LogP contribution in [0, 0.1) is 11.7 Å². The number of benzene rings is 3. The van der Waals surface area contributed by atoms with Gasteiger partial charge < -0.3 is 10.2 Å². The van der Waals surface area contributed by atoms with Gasteiger partial charge in [-0.15, -0.1) is 0 Å². The summed E-state index contributed by atoms with van der Waals surface area (Å²) in [4.78, 5) is 29.2. The Morgan fingerprint density at radius 1 is 0.927 bits per heavy atom. The van der Waals surface area contributed by atoms with Crippen LogP contribution < -0.4 is 9.62 Å². The Morgan fingerprint density at radius 3 is 2.15 bits per heavy atom. The molecule has 220 valence electrons. The first-order valence-corrected chi connectivity index (χ1v) is 15.0. The van der Waals surface area contributed by atoms with Gasteiger partial charge in [-0.2, -0.15) is 12.7 Å². The Hall–Kier alpha value is -3.47. The third-order valence-corrected chi connectivity index (χ3v) is 8.39. The summed E-state index contributed by atoms with van der Waals surface area (Å²) in [6.45, 7) is 3.73. The van der Waals surface area contributed by atoms with Crippen molar-refractivity contribution < 1.29 is 22.4 Å². The van der Waals surface area contributed by atoms with Gasteiger partial charge in [0.2, 0.25) is 11.8 Å². The summed E-state index contributed by atoms with van der Waals surface area (Å²) in [7, 11) is -1.47. The highest BCUT2D eigenvalue weighted by molar-refractivity contribution is 7.90. The van der Waals surface area contributed by atoms with Gasteiger partial charge in [-0.05, 0) is 53.4 Å². The zero-order chi connectivity index (χ0) is 30.2. The first-order valence-electron chi connectivity index (χ1n) is 13.2. The minimum absolute atomic E-state index is 0.00522. The fourth-order valence-electron chi connectivity index (χ4n) is 4.13. The molecule has 3 rings (SSSR count). The smallest absolute Gasteiger partial charge is 0.304 e. The van der Waals surface area contributed by atoms with E-state index in [9.17, 15) is 22.4 Å². The number of nitrogens with zero attached hydrogens (tertiary/aromatic N) is 3. The Morgan fingerprint density at radius 2 is 1.56 bits per heavy atom. The standard InChI is InChI=1S/C30H36ClFN4O4S/c1-22(2)19-33-30(38)28(18-23-9-6-5-7-10-23)35(20-24-11-8-12-25(31)17-24)29(37)21-36(41(39,40)34(3)4)27-15-13-26(32)14-16-27/h5-17,22,28H,18-21H2,1-4H3,(H,33,38)/t28-/m1/s1. The van der Waals surface area contributed by atoms with Crippen LogP contribution in [0.4, 0.5) is 10.1 Å². The third-order valence-electron chi connectivity index (χ3n) is 6.33. The van der Waals surface area contributed by atoms with E-state index in [0.29, 0.717) is 17.1 Å². The second kappa shape index (κ2) is 14.4. The van der Waals surface area contributed by atoms with Crippen molar-refractivity contribution in [2.75, 3.05) is 31.5 Å². The van der Waals surface area contributed by atoms with Gasteiger partial charge in [-0.3, -0.25) is 9.59 Å². The predicted molar refractivity (Wildman–Crippen MR) is 160 cm³/mol. The monoisotopic (exact) mass is 602 g/mol. The highest BCUT2D eigenvalue weighted by Gasteiger charge is 2.34. The van der Waals surface area contributed by atoms with Crippen LogP contribution >= 0.6 is 11.6 Å². The van der Waals surface area contributed by atoms with Crippen molar-refractivity contribution in [1.82, 2.24) is 14.5 Å². The van der Waals surface area contributed by atoms with Crippen LogP contribution in [0.3, 0.4) is 0 Å². The average Bonchev–Trinajstić information content (AvgIpc) is 2.93. The van der Waals surface area contributed by atoms with E-state index in [1.54, 1.807) is 24.3 Å². The van der Waals surface area contributed by atoms with Gasteiger partial charge in [0.15, 0.2) is 0 Å². The molecule has 0 bridgehead atoms. The molecule has 0 aromatic heterocycles. The number of carbonyl (C=O) groups excluding carboxylic acids is 2. The van der Waals surface area contributed by atoms with Crippen molar-refractivity contribution in [2.45, 2.75) is 32.9 Å². The molecule has 0 saturated heterocycles. The highest BCUT2D eigenvalue weighted by Crippen LogP contribution is 2.23. The molecule has 0 heterocycles. The summed E-state index contributed by atoms with van der Waals surface area (Å²) >= 11 is 6.23. The lowest BCUT2D eigenvalue weighted by atomic mass is 10.0. The molecular weight excluding hydrogens is 567 g/mol. The molecule has 0 aliphatic carbocycles. The molecule has 11 heteroatoms. The Labute approximate surface area is 246 Å².